The van der Waals surface area contributed by atoms with E-state index in [-0.39, 0.29) is 0 Å². The molecule has 94 valence electrons. The molecule has 0 N–H and O–H groups in total. The van der Waals surface area contributed by atoms with Gasteiger partial charge >= 0.3 is 0 Å². The summed E-state index contributed by atoms with van der Waals surface area (Å²) < 4.78 is 44.8. The van der Waals surface area contributed by atoms with Gasteiger partial charge in [0.2, 0.25) is 0 Å². The number of nitrogens with zero attached hydrogens (tertiary/aromatic N) is 1. The van der Waals surface area contributed by atoms with Crippen molar-refractivity contribution >= 4 is 15.9 Å². The molecule has 0 radical (unpaired) electrons. The molecular weight excluding hydrogens is 311 g/mol. The second kappa shape index (κ2) is 4.97. The molecule has 0 saturated heterocycles. The highest BCUT2D eigenvalue weighted by Gasteiger charge is 2.14. The average Bonchev–Trinajstić information content (AvgIpc) is 2.30. The number of aryl methyl sites for hydroxylation is 1. The molecule has 0 fully saturated rings. The zero-order valence-corrected chi connectivity index (χ0v) is 10.8. The van der Waals surface area contributed by atoms with Crippen LogP contribution in [0, 0.1) is 24.5 Å². The van der Waals surface area contributed by atoms with E-state index in [0.717, 1.165) is 0 Å². The van der Waals surface area contributed by atoms with E-state index in [1.165, 1.54) is 0 Å². The van der Waals surface area contributed by atoms with Crippen molar-refractivity contribution in [3.05, 3.63) is 51.9 Å². The lowest BCUT2D eigenvalue weighted by atomic mass is 10.2. The molecule has 0 aliphatic heterocycles. The Bertz CT molecular complexity index is 604. The Kier molecular flexibility index (Phi) is 3.56. The third-order valence-electron chi connectivity index (χ3n) is 2.21. The van der Waals surface area contributed by atoms with Gasteiger partial charge in [-0.05, 0) is 24.6 Å². The summed E-state index contributed by atoms with van der Waals surface area (Å²) in [6.07, 6.45) is 0. The van der Waals surface area contributed by atoms with Gasteiger partial charge in [-0.15, -0.1) is 0 Å². The Balaban J connectivity index is 2.40. The van der Waals surface area contributed by atoms with E-state index in [2.05, 4.69) is 20.9 Å². The SMILES string of the molecule is Cc1ccc(Br)cc1Oc1nc(F)c(F)cc1F. The van der Waals surface area contributed by atoms with Crippen LogP contribution in [0.1, 0.15) is 5.56 Å². The first kappa shape index (κ1) is 12.9. The van der Waals surface area contributed by atoms with Gasteiger partial charge in [-0.1, -0.05) is 22.0 Å². The molecule has 1 heterocycles. The maximum absolute atomic E-state index is 13.3. The topological polar surface area (TPSA) is 22.1 Å². The van der Waals surface area contributed by atoms with Crippen LogP contribution in [0.4, 0.5) is 13.2 Å². The number of pyridine rings is 1. The number of rotatable bonds is 2. The number of hydrogen-bond donors (Lipinski definition) is 0. The van der Waals surface area contributed by atoms with E-state index in [1.807, 2.05) is 0 Å². The summed E-state index contributed by atoms with van der Waals surface area (Å²) in [5.74, 6) is -4.12. The standard InChI is InChI=1S/C12H7BrF3NO/c1-6-2-3-7(13)4-10(6)18-12-9(15)5-8(14)11(16)17-12/h2-5H,1H3. The number of aromatic nitrogens is 1. The molecule has 0 amide bonds. The molecule has 1 aromatic heterocycles. The average molecular weight is 318 g/mol. The van der Waals surface area contributed by atoms with Gasteiger partial charge in [-0.3, -0.25) is 0 Å². The smallest absolute Gasteiger partial charge is 0.258 e. The molecule has 0 aliphatic rings. The minimum Gasteiger partial charge on any atom is -0.436 e. The first-order valence-electron chi connectivity index (χ1n) is 4.93. The van der Waals surface area contributed by atoms with E-state index in [1.54, 1.807) is 25.1 Å². The van der Waals surface area contributed by atoms with Gasteiger partial charge in [-0.25, -0.2) is 8.78 Å². The normalized spacial score (nSPS) is 10.5. The second-order valence-corrected chi connectivity index (χ2v) is 4.48. The van der Waals surface area contributed by atoms with Crippen molar-refractivity contribution in [2.45, 2.75) is 6.92 Å². The Morgan fingerprint density at radius 3 is 2.56 bits per heavy atom. The predicted octanol–water partition coefficient (Wildman–Crippen LogP) is 4.36. The van der Waals surface area contributed by atoms with E-state index in [0.29, 0.717) is 21.9 Å². The van der Waals surface area contributed by atoms with Gasteiger partial charge in [0, 0.05) is 10.5 Å². The van der Waals surface area contributed by atoms with Gasteiger partial charge in [0.15, 0.2) is 11.6 Å². The molecule has 0 bridgehead atoms. The first-order chi connectivity index (χ1) is 8.47. The van der Waals surface area contributed by atoms with Crippen molar-refractivity contribution in [3.63, 3.8) is 0 Å². The lowest BCUT2D eigenvalue weighted by Crippen LogP contribution is -1.98. The minimum absolute atomic E-state index is 0.307. The van der Waals surface area contributed by atoms with Crippen LogP contribution in [0.15, 0.2) is 28.7 Å². The Hall–Kier alpha value is -1.56. The van der Waals surface area contributed by atoms with Crippen LogP contribution in [0.2, 0.25) is 0 Å². The van der Waals surface area contributed by atoms with Crippen LogP contribution >= 0.6 is 15.9 Å². The van der Waals surface area contributed by atoms with Gasteiger partial charge < -0.3 is 4.74 Å². The third-order valence-corrected chi connectivity index (χ3v) is 2.70. The fourth-order valence-corrected chi connectivity index (χ4v) is 1.63. The highest BCUT2D eigenvalue weighted by molar-refractivity contribution is 9.10. The first-order valence-corrected chi connectivity index (χ1v) is 5.72. The van der Waals surface area contributed by atoms with E-state index in [9.17, 15) is 13.2 Å². The molecule has 0 spiro atoms. The molecular formula is C12H7BrF3NO. The van der Waals surface area contributed by atoms with Crippen LogP contribution in [0.5, 0.6) is 11.6 Å². The summed E-state index contributed by atoms with van der Waals surface area (Å²) in [6, 6.07) is 5.48. The maximum Gasteiger partial charge on any atom is 0.258 e. The number of halogens is 4. The monoisotopic (exact) mass is 317 g/mol. The fraction of sp³-hybridized carbons (Fsp3) is 0.0833. The van der Waals surface area contributed by atoms with E-state index < -0.39 is 23.5 Å². The van der Waals surface area contributed by atoms with Crippen molar-refractivity contribution < 1.29 is 17.9 Å². The zero-order valence-electron chi connectivity index (χ0n) is 9.18. The van der Waals surface area contributed by atoms with Crippen LogP contribution in [-0.2, 0) is 0 Å². The summed E-state index contributed by atoms with van der Waals surface area (Å²) in [7, 11) is 0. The van der Waals surface area contributed by atoms with E-state index >= 15 is 0 Å². The van der Waals surface area contributed by atoms with Gasteiger partial charge in [0.25, 0.3) is 11.8 Å². The number of ether oxygens (including phenoxy) is 1. The molecule has 0 aliphatic carbocycles. The van der Waals surface area contributed by atoms with Gasteiger partial charge in [-0.2, -0.15) is 9.37 Å². The third kappa shape index (κ3) is 2.64. The largest absolute Gasteiger partial charge is 0.436 e. The summed E-state index contributed by atoms with van der Waals surface area (Å²) >= 11 is 3.23. The summed E-state index contributed by atoms with van der Waals surface area (Å²) in [6.45, 7) is 1.74. The molecule has 6 heteroatoms. The van der Waals surface area contributed by atoms with E-state index in [4.69, 9.17) is 4.74 Å². The van der Waals surface area contributed by atoms with Crippen LogP contribution in [-0.4, -0.2) is 4.98 Å². The van der Waals surface area contributed by atoms with Crippen molar-refractivity contribution in [2.24, 2.45) is 0 Å². The molecule has 0 saturated carbocycles. The lowest BCUT2D eigenvalue weighted by Gasteiger charge is -2.09. The second-order valence-electron chi connectivity index (χ2n) is 3.56. The summed E-state index contributed by atoms with van der Waals surface area (Å²) in [4.78, 5) is 3.08. The number of hydrogen-bond acceptors (Lipinski definition) is 2. The van der Waals surface area contributed by atoms with Gasteiger partial charge in [0.1, 0.15) is 5.75 Å². The summed E-state index contributed by atoms with van der Waals surface area (Å²) in [5, 5.41) is 0. The highest BCUT2D eigenvalue weighted by Crippen LogP contribution is 2.29. The highest BCUT2D eigenvalue weighted by atomic mass is 79.9. The quantitative estimate of drug-likeness (QED) is 0.768. The van der Waals surface area contributed by atoms with Crippen LogP contribution in [0.25, 0.3) is 0 Å². The molecule has 0 unspecified atom stereocenters. The molecule has 0 atom stereocenters. The predicted molar refractivity (Wildman–Crippen MR) is 63.1 cm³/mol. The molecule has 2 aromatic rings. The Morgan fingerprint density at radius 2 is 1.83 bits per heavy atom. The van der Waals surface area contributed by atoms with Crippen molar-refractivity contribution in [2.75, 3.05) is 0 Å². The zero-order chi connectivity index (χ0) is 13.3. The Labute approximate surface area is 110 Å². The number of benzene rings is 1. The van der Waals surface area contributed by atoms with Crippen molar-refractivity contribution in [3.8, 4) is 11.6 Å². The van der Waals surface area contributed by atoms with Crippen LogP contribution in [0.3, 0.4) is 0 Å². The molecule has 2 rings (SSSR count). The lowest BCUT2D eigenvalue weighted by molar-refractivity contribution is 0.385. The van der Waals surface area contributed by atoms with Gasteiger partial charge in [0.05, 0.1) is 0 Å². The Morgan fingerprint density at radius 1 is 1.11 bits per heavy atom. The molecule has 18 heavy (non-hydrogen) atoms. The minimum atomic E-state index is -1.40. The molecule has 1 aromatic carbocycles. The maximum atomic E-state index is 13.3. The van der Waals surface area contributed by atoms with Crippen LogP contribution < -0.4 is 4.74 Å². The fourth-order valence-electron chi connectivity index (χ4n) is 1.29. The molecule has 2 nitrogen and oxygen atoms in total. The summed E-state index contributed by atoms with van der Waals surface area (Å²) in [5.41, 5.74) is 0.712. The van der Waals surface area contributed by atoms with Crippen molar-refractivity contribution in [1.82, 2.24) is 4.98 Å². The van der Waals surface area contributed by atoms with Crippen molar-refractivity contribution in [1.29, 1.82) is 0 Å².